The van der Waals surface area contributed by atoms with Crippen LogP contribution in [-0.2, 0) is 9.53 Å². The van der Waals surface area contributed by atoms with Gasteiger partial charge in [-0.25, -0.2) is 9.79 Å². The molecule has 0 saturated carbocycles. The zero-order valence-corrected chi connectivity index (χ0v) is 20.2. The molecule has 8 heteroatoms. The largest absolute Gasteiger partial charge is 0.497 e. The minimum absolute atomic E-state index is 0.202. The Hall–Kier alpha value is -2.97. The summed E-state index contributed by atoms with van der Waals surface area (Å²) in [5.41, 5.74) is 2.38. The molecule has 0 radical (unpaired) electrons. The highest BCUT2D eigenvalue weighted by Gasteiger charge is 2.33. The second-order valence-electron chi connectivity index (χ2n) is 7.13. The molecule has 2 heterocycles. The number of esters is 1. The van der Waals surface area contributed by atoms with Crippen molar-refractivity contribution in [3.05, 3.63) is 95.1 Å². The summed E-state index contributed by atoms with van der Waals surface area (Å²) in [6.07, 6.45) is 1.84. The lowest BCUT2D eigenvalue weighted by atomic mass is 9.96. The van der Waals surface area contributed by atoms with Gasteiger partial charge >= 0.3 is 5.97 Å². The summed E-state index contributed by atoms with van der Waals surface area (Å²) in [5.74, 6) is 0.214. The summed E-state index contributed by atoms with van der Waals surface area (Å²) in [5, 5.41) is 0. The van der Waals surface area contributed by atoms with Crippen molar-refractivity contribution in [2.45, 2.75) is 19.9 Å². The van der Waals surface area contributed by atoms with E-state index in [1.54, 1.807) is 25.5 Å². The standard InChI is InChI=1S/C24H21BrN2O4S/c1-4-31-23(29)20-14(2)26-24-27(21(20)16-7-11-18(30-3)12-8-16)22(28)19(32-24)13-15-5-9-17(25)10-6-15/h5-13,21H,4H2,1-3H3. The lowest BCUT2D eigenvalue weighted by Crippen LogP contribution is -2.39. The Morgan fingerprint density at radius 1 is 1.19 bits per heavy atom. The summed E-state index contributed by atoms with van der Waals surface area (Å²) >= 11 is 4.73. The van der Waals surface area contributed by atoms with Crippen LogP contribution in [0.25, 0.3) is 6.08 Å². The highest BCUT2D eigenvalue weighted by molar-refractivity contribution is 9.10. The summed E-state index contributed by atoms with van der Waals surface area (Å²) in [7, 11) is 1.59. The first-order valence-electron chi connectivity index (χ1n) is 10.0. The van der Waals surface area contributed by atoms with Crippen molar-refractivity contribution in [3.63, 3.8) is 0 Å². The molecular formula is C24H21BrN2O4S. The van der Waals surface area contributed by atoms with E-state index in [0.717, 1.165) is 15.6 Å². The number of ether oxygens (including phenoxy) is 2. The van der Waals surface area contributed by atoms with E-state index in [1.165, 1.54) is 11.3 Å². The molecule has 3 aromatic rings. The maximum atomic E-state index is 13.5. The van der Waals surface area contributed by atoms with Crippen LogP contribution in [0.1, 0.15) is 31.0 Å². The Balaban J connectivity index is 1.93. The number of benzene rings is 2. The summed E-state index contributed by atoms with van der Waals surface area (Å²) in [6, 6.07) is 14.4. The van der Waals surface area contributed by atoms with Gasteiger partial charge in [0, 0.05) is 4.47 Å². The van der Waals surface area contributed by atoms with Crippen LogP contribution in [0.15, 0.2) is 74.1 Å². The van der Waals surface area contributed by atoms with Gasteiger partial charge in [0.15, 0.2) is 4.80 Å². The molecule has 1 atom stereocenters. The Kier molecular flexibility index (Phi) is 6.43. The van der Waals surface area contributed by atoms with Gasteiger partial charge in [0.05, 0.1) is 35.6 Å². The fourth-order valence-corrected chi connectivity index (χ4v) is 4.91. The Labute approximate surface area is 197 Å². The van der Waals surface area contributed by atoms with Gasteiger partial charge in [-0.15, -0.1) is 0 Å². The lowest BCUT2D eigenvalue weighted by molar-refractivity contribution is -0.139. The van der Waals surface area contributed by atoms with Crippen LogP contribution in [0.4, 0.5) is 0 Å². The van der Waals surface area contributed by atoms with Crippen molar-refractivity contribution in [1.82, 2.24) is 4.57 Å². The minimum atomic E-state index is -0.636. The van der Waals surface area contributed by atoms with E-state index in [1.807, 2.05) is 54.6 Å². The number of rotatable bonds is 5. The smallest absolute Gasteiger partial charge is 0.338 e. The Bertz CT molecular complexity index is 1370. The van der Waals surface area contributed by atoms with Crippen LogP contribution in [-0.4, -0.2) is 24.3 Å². The SMILES string of the molecule is CCOC(=O)C1=C(C)N=c2sc(=Cc3ccc(Br)cc3)c(=O)n2C1c1ccc(OC)cc1. The highest BCUT2D eigenvalue weighted by atomic mass is 79.9. The van der Waals surface area contributed by atoms with Crippen molar-refractivity contribution in [2.75, 3.05) is 13.7 Å². The first-order chi connectivity index (χ1) is 15.4. The number of hydrogen-bond donors (Lipinski definition) is 0. The quantitative estimate of drug-likeness (QED) is 0.490. The van der Waals surface area contributed by atoms with Crippen molar-refractivity contribution in [3.8, 4) is 5.75 Å². The van der Waals surface area contributed by atoms with Crippen LogP contribution in [0.2, 0.25) is 0 Å². The molecule has 0 bridgehead atoms. The third-order valence-electron chi connectivity index (χ3n) is 5.12. The van der Waals surface area contributed by atoms with Gasteiger partial charge in [-0.05, 0) is 55.3 Å². The van der Waals surface area contributed by atoms with Crippen LogP contribution in [0, 0.1) is 0 Å². The van der Waals surface area contributed by atoms with Crippen LogP contribution >= 0.6 is 27.3 Å². The Morgan fingerprint density at radius 3 is 2.50 bits per heavy atom. The molecule has 32 heavy (non-hydrogen) atoms. The zero-order valence-electron chi connectivity index (χ0n) is 17.8. The molecule has 0 aliphatic carbocycles. The van der Waals surface area contributed by atoms with Gasteiger partial charge in [0.2, 0.25) is 0 Å². The molecular weight excluding hydrogens is 492 g/mol. The monoisotopic (exact) mass is 512 g/mol. The van der Waals surface area contributed by atoms with E-state index in [9.17, 15) is 9.59 Å². The van der Waals surface area contributed by atoms with Gasteiger partial charge in [-0.1, -0.05) is 51.5 Å². The number of hydrogen-bond acceptors (Lipinski definition) is 6. The maximum absolute atomic E-state index is 13.5. The molecule has 0 spiro atoms. The molecule has 0 saturated heterocycles. The lowest BCUT2D eigenvalue weighted by Gasteiger charge is -2.24. The maximum Gasteiger partial charge on any atom is 0.338 e. The van der Waals surface area contributed by atoms with E-state index in [4.69, 9.17) is 9.47 Å². The molecule has 0 fully saturated rings. The number of aromatic nitrogens is 1. The topological polar surface area (TPSA) is 69.9 Å². The first kappa shape index (κ1) is 22.2. The Morgan fingerprint density at radius 2 is 1.88 bits per heavy atom. The molecule has 1 aromatic heterocycles. The summed E-state index contributed by atoms with van der Waals surface area (Å²) in [4.78, 5) is 31.5. The average molecular weight is 513 g/mol. The molecule has 164 valence electrons. The van der Waals surface area contributed by atoms with E-state index >= 15 is 0 Å². The van der Waals surface area contributed by atoms with Gasteiger partial charge in [0.1, 0.15) is 5.75 Å². The number of nitrogens with zero attached hydrogens (tertiary/aromatic N) is 2. The molecule has 0 N–H and O–H groups in total. The van der Waals surface area contributed by atoms with Crippen LogP contribution < -0.4 is 19.6 Å². The summed E-state index contributed by atoms with van der Waals surface area (Å²) in [6.45, 7) is 3.76. The third kappa shape index (κ3) is 4.20. The highest BCUT2D eigenvalue weighted by Crippen LogP contribution is 2.31. The van der Waals surface area contributed by atoms with Crippen molar-refractivity contribution in [2.24, 2.45) is 4.99 Å². The van der Waals surface area contributed by atoms with E-state index in [-0.39, 0.29) is 12.2 Å². The molecule has 4 rings (SSSR count). The number of thiazole rings is 1. The molecule has 1 aliphatic rings. The second kappa shape index (κ2) is 9.26. The number of carbonyl (C=O) groups excluding carboxylic acids is 1. The molecule has 2 aromatic carbocycles. The normalized spacial score (nSPS) is 15.9. The fourth-order valence-electron chi connectivity index (χ4n) is 3.60. The zero-order chi connectivity index (χ0) is 22.8. The fraction of sp³-hybridized carbons (Fsp3) is 0.208. The van der Waals surface area contributed by atoms with Crippen molar-refractivity contribution >= 4 is 39.3 Å². The van der Waals surface area contributed by atoms with Gasteiger partial charge in [-0.2, -0.15) is 0 Å². The van der Waals surface area contributed by atoms with Crippen LogP contribution in [0.5, 0.6) is 5.75 Å². The first-order valence-corrected chi connectivity index (χ1v) is 11.6. The average Bonchev–Trinajstić information content (AvgIpc) is 3.09. The van der Waals surface area contributed by atoms with E-state index in [0.29, 0.717) is 26.4 Å². The third-order valence-corrected chi connectivity index (χ3v) is 6.63. The molecule has 1 unspecified atom stereocenters. The number of halogens is 1. The molecule has 6 nitrogen and oxygen atoms in total. The number of allylic oxidation sites excluding steroid dienone is 1. The van der Waals surface area contributed by atoms with Crippen molar-refractivity contribution < 1.29 is 14.3 Å². The number of methoxy groups -OCH3 is 1. The molecule has 0 amide bonds. The minimum Gasteiger partial charge on any atom is -0.497 e. The van der Waals surface area contributed by atoms with Gasteiger partial charge < -0.3 is 9.47 Å². The van der Waals surface area contributed by atoms with E-state index in [2.05, 4.69) is 20.9 Å². The van der Waals surface area contributed by atoms with Gasteiger partial charge in [0.25, 0.3) is 5.56 Å². The van der Waals surface area contributed by atoms with E-state index < -0.39 is 12.0 Å². The van der Waals surface area contributed by atoms with Crippen LogP contribution in [0.3, 0.4) is 0 Å². The number of carbonyl (C=O) groups is 1. The number of fused-ring (bicyclic) bond motifs is 1. The summed E-state index contributed by atoms with van der Waals surface area (Å²) < 4.78 is 13.7. The van der Waals surface area contributed by atoms with Crippen molar-refractivity contribution in [1.29, 1.82) is 0 Å². The predicted molar refractivity (Wildman–Crippen MR) is 128 cm³/mol. The second-order valence-corrected chi connectivity index (χ2v) is 9.05. The molecule has 1 aliphatic heterocycles. The predicted octanol–water partition coefficient (Wildman–Crippen LogP) is 3.57. The van der Waals surface area contributed by atoms with Gasteiger partial charge in [-0.3, -0.25) is 9.36 Å².